The minimum absolute atomic E-state index is 0.0292. The van der Waals surface area contributed by atoms with E-state index in [1.54, 1.807) is 17.6 Å². The molecule has 204 valence electrons. The molecule has 2 aliphatic rings. The van der Waals surface area contributed by atoms with Crippen molar-refractivity contribution in [3.05, 3.63) is 71.5 Å². The van der Waals surface area contributed by atoms with Crippen LogP contribution in [0.2, 0.25) is 0 Å². The summed E-state index contributed by atoms with van der Waals surface area (Å²) >= 11 is 0. The van der Waals surface area contributed by atoms with Gasteiger partial charge in [-0.2, -0.15) is 13.2 Å². The van der Waals surface area contributed by atoms with E-state index in [0.717, 1.165) is 16.4 Å². The summed E-state index contributed by atoms with van der Waals surface area (Å²) < 4.78 is 41.7. The Balaban J connectivity index is 1.48. The molecule has 0 aliphatic carbocycles. The molecule has 2 aromatic heterocycles. The third kappa shape index (κ3) is 3.94. The fraction of sp³-hybridized carbons (Fsp3) is 0.214. The Hall–Kier alpha value is -4.87. The summed E-state index contributed by atoms with van der Waals surface area (Å²) in [6, 6.07) is 14.8. The maximum atomic E-state index is 13.4. The van der Waals surface area contributed by atoms with Crippen molar-refractivity contribution >= 4 is 56.6 Å². The standard InChI is InChI=1S/C28H22F3N5O4/c1-34-13-17(15-6-2-4-8-18(15)34)23-24(26(39)33-25(23)38)22-16-7-3-5-9-19(16)36-11-10-35(14-20(22)36)21(37)12-32-27(40)28(29,30)31/h2-9,13H,10-12,14H2,1H3,(H,32,40)(H,33,38,39). The summed E-state index contributed by atoms with van der Waals surface area (Å²) in [5.41, 5.74) is 3.69. The van der Waals surface area contributed by atoms with Crippen LogP contribution in [0.4, 0.5) is 13.2 Å². The molecule has 0 radical (unpaired) electrons. The molecule has 40 heavy (non-hydrogen) atoms. The molecule has 4 amide bonds. The van der Waals surface area contributed by atoms with Gasteiger partial charge in [0, 0.05) is 65.0 Å². The molecule has 0 bridgehead atoms. The molecule has 4 aromatic rings. The number of amides is 4. The van der Waals surface area contributed by atoms with Crippen LogP contribution in [0.25, 0.3) is 33.0 Å². The zero-order valence-corrected chi connectivity index (χ0v) is 21.1. The van der Waals surface area contributed by atoms with Crippen LogP contribution in [0.1, 0.15) is 16.8 Å². The van der Waals surface area contributed by atoms with Crippen LogP contribution in [0, 0.1) is 0 Å². The number of rotatable bonds is 4. The summed E-state index contributed by atoms with van der Waals surface area (Å²) in [6.45, 7) is -0.358. The molecule has 2 aromatic carbocycles. The van der Waals surface area contributed by atoms with E-state index < -0.39 is 36.3 Å². The number of imide groups is 1. The van der Waals surface area contributed by atoms with Gasteiger partial charge in [0.1, 0.15) is 0 Å². The molecule has 9 nitrogen and oxygen atoms in total. The normalized spacial score (nSPS) is 15.7. The zero-order valence-electron chi connectivity index (χ0n) is 21.1. The van der Waals surface area contributed by atoms with E-state index >= 15 is 0 Å². The van der Waals surface area contributed by atoms with Crippen LogP contribution in [0.15, 0.2) is 54.7 Å². The number of fused-ring (bicyclic) bond motifs is 4. The van der Waals surface area contributed by atoms with Gasteiger partial charge in [-0.05, 0) is 12.1 Å². The fourth-order valence-electron chi connectivity index (χ4n) is 5.61. The highest BCUT2D eigenvalue weighted by molar-refractivity contribution is 6.51. The minimum atomic E-state index is -5.10. The van der Waals surface area contributed by atoms with Gasteiger partial charge in [-0.15, -0.1) is 0 Å². The van der Waals surface area contributed by atoms with Gasteiger partial charge >= 0.3 is 12.1 Å². The highest BCUT2D eigenvalue weighted by Gasteiger charge is 2.40. The van der Waals surface area contributed by atoms with Crippen molar-refractivity contribution in [2.45, 2.75) is 19.3 Å². The lowest BCUT2D eigenvalue weighted by molar-refractivity contribution is -0.174. The molecule has 0 saturated carbocycles. The number of nitrogens with one attached hydrogen (secondary N) is 2. The number of aryl methyl sites for hydroxylation is 1. The molecule has 0 spiro atoms. The van der Waals surface area contributed by atoms with Gasteiger partial charge in [0.15, 0.2) is 0 Å². The second-order valence-electron chi connectivity index (χ2n) is 9.69. The summed E-state index contributed by atoms with van der Waals surface area (Å²) in [7, 11) is 1.84. The largest absolute Gasteiger partial charge is 0.471 e. The number of hydrogen-bond donors (Lipinski definition) is 2. The highest BCUT2D eigenvalue weighted by atomic mass is 19.4. The predicted molar refractivity (Wildman–Crippen MR) is 139 cm³/mol. The quantitative estimate of drug-likeness (QED) is 0.382. The molecule has 6 rings (SSSR count). The zero-order chi connectivity index (χ0) is 28.3. The number of carbonyl (C=O) groups excluding carboxylic acids is 4. The van der Waals surface area contributed by atoms with Gasteiger partial charge in [-0.1, -0.05) is 36.4 Å². The smallest absolute Gasteiger partial charge is 0.350 e. The van der Waals surface area contributed by atoms with Crippen LogP contribution in [-0.2, 0) is 39.3 Å². The van der Waals surface area contributed by atoms with E-state index in [1.165, 1.54) is 4.90 Å². The maximum absolute atomic E-state index is 13.4. The van der Waals surface area contributed by atoms with Crippen molar-refractivity contribution in [1.82, 2.24) is 24.7 Å². The number of benzene rings is 2. The fourth-order valence-corrected chi connectivity index (χ4v) is 5.61. The number of nitrogens with zero attached hydrogens (tertiary/aromatic N) is 3. The second-order valence-corrected chi connectivity index (χ2v) is 9.69. The van der Waals surface area contributed by atoms with E-state index in [4.69, 9.17) is 0 Å². The minimum Gasteiger partial charge on any atom is -0.350 e. The molecule has 2 aliphatic heterocycles. The van der Waals surface area contributed by atoms with Crippen molar-refractivity contribution in [3.63, 3.8) is 0 Å². The third-order valence-corrected chi connectivity index (χ3v) is 7.37. The van der Waals surface area contributed by atoms with E-state index in [9.17, 15) is 32.3 Å². The average molecular weight is 550 g/mol. The van der Waals surface area contributed by atoms with Crippen LogP contribution in [-0.4, -0.2) is 56.9 Å². The first-order valence-electron chi connectivity index (χ1n) is 12.4. The summed E-state index contributed by atoms with van der Waals surface area (Å²) in [5.74, 6) is -4.01. The SMILES string of the molecule is Cn1cc(C2=C(c3c4n(c5ccccc35)CCN(C(=O)CNC(=O)C(F)(F)F)C4)C(=O)NC2=O)c2ccccc21. The van der Waals surface area contributed by atoms with Gasteiger partial charge in [0.2, 0.25) is 5.91 Å². The van der Waals surface area contributed by atoms with Gasteiger partial charge in [-0.3, -0.25) is 24.5 Å². The van der Waals surface area contributed by atoms with Crippen molar-refractivity contribution in [2.24, 2.45) is 7.05 Å². The second kappa shape index (κ2) is 9.11. The molecular weight excluding hydrogens is 527 g/mol. The van der Waals surface area contributed by atoms with E-state index in [-0.39, 0.29) is 24.2 Å². The topological polar surface area (TPSA) is 105 Å². The van der Waals surface area contributed by atoms with Crippen molar-refractivity contribution in [3.8, 4) is 0 Å². The van der Waals surface area contributed by atoms with Crippen LogP contribution < -0.4 is 10.6 Å². The number of halogens is 3. The summed E-state index contributed by atoms with van der Waals surface area (Å²) in [4.78, 5) is 52.0. The van der Waals surface area contributed by atoms with Crippen molar-refractivity contribution in [2.75, 3.05) is 13.1 Å². The first-order valence-corrected chi connectivity index (χ1v) is 12.4. The van der Waals surface area contributed by atoms with Crippen molar-refractivity contribution in [1.29, 1.82) is 0 Å². The Bertz CT molecular complexity index is 1800. The van der Waals surface area contributed by atoms with E-state index in [2.05, 4.69) is 5.32 Å². The van der Waals surface area contributed by atoms with Crippen LogP contribution in [0.3, 0.4) is 0 Å². The average Bonchev–Trinajstić information content (AvgIpc) is 3.53. The summed E-state index contributed by atoms with van der Waals surface area (Å²) in [5, 5.41) is 5.54. The lowest BCUT2D eigenvalue weighted by Gasteiger charge is -2.30. The predicted octanol–water partition coefficient (Wildman–Crippen LogP) is 2.72. The van der Waals surface area contributed by atoms with Gasteiger partial charge in [-0.25, -0.2) is 0 Å². The maximum Gasteiger partial charge on any atom is 0.471 e. The molecule has 0 atom stereocenters. The molecule has 0 fully saturated rings. The first kappa shape index (κ1) is 25.4. The summed E-state index contributed by atoms with van der Waals surface area (Å²) in [6.07, 6.45) is -3.31. The van der Waals surface area contributed by atoms with Crippen LogP contribution in [0.5, 0.6) is 0 Å². The Morgan fingerprint density at radius 3 is 2.30 bits per heavy atom. The van der Waals surface area contributed by atoms with Gasteiger partial charge < -0.3 is 19.4 Å². The van der Waals surface area contributed by atoms with Gasteiger partial charge in [0.25, 0.3) is 11.8 Å². The molecule has 4 heterocycles. The molecule has 0 unspecified atom stereocenters. The molecule has 0 saturated heterocycles. The number of carbonyl (C=O) groups is 4. The Kier molecular flexibility index (Phi) is 5.79. The van der Waals surface area contributed by atoms with Crippen LogP contribution >= 0.6 is 0 Å². The third-order valence-electron chi connectivity index (χ3n) is 7.37. The Labute approximate surface area is 224 Å². The van der Waals surface area contributed by atoms with Crippen molar-refractivity contribution < 1.29 is 32.3 Å². The Morgan fingerprint density at radius 1 is 0.925 bits per heavy atom. The lowest BCUT2D eigenvalue weighted by Crippen LogP contribution is -2.46. The number of aromatic nitrogens is 2. The Morgan fingerprint density at radius 2 is 1.57 bits per heavy atom. The highest BCUT2D eigenvalue weighted by Crippen LogP contribution is 2.41. The van der Waals surface area contributed by atoms with Gasteiger partial charge in [0.05, 0.1) is 24.2 Å². The van der Waals surface area contributed by atoms with E-state index in [0.29, 0.717) is 28.8 Å². The molecule has 2 N–H and O–H groups in total. The lowest BCUT2D eigenvalue weighted by atomic mass is 9.93. The number of alkyl halides is 3. The number of hydrogen-bond acceptors (Lipinski definition) is 4. The monoisotopic (exact) mass is 549 g/mol. The van der Waals surface area contributed by atoms with E-state index in [1.807, 2.05) is 58.6 Å². The molecular formula is C28H22F3N5O4. The number of para-hydroxylation sites is 2. The molecule has 12 heteroatoms. The first-order chi connectivity index (χ1) is 19.1.